The lowest BCUT2D eigenvalue weighted by atomic mass is 10.3. The second-order valence-electron chi connectivity index (χ2n) is 4.27. The van der Waals surface area contributed by atoms with E-state index in [-0.39, 0.29) is 10.8 Å². The number of amides is 1. The lowest BCUT2D eigenvalue weighted by Gasteiger charge is -2.11. The molecule has 1 aromatic heterocycles. The average molecular weight is 324 g/mol. The van der Waals surface area contributed by atoms with Gasteiger partial charge in [-0.1, -0.05) is 29.8 Å². The highest BCUT2D eigenvalue weighted by Crippen LogP contribution is 2.18. The van der Waals surface area contributed by atoms with Crippen molar-refractivity contribution in [1.82, 2.24) is 20.6 Å². The third-order valence-corrected chi connectivity index (χ3v) is 3.34. The van der Waals surface area contributed by atoms with Crippen LogP contribution in [0, 0.1) is 6.92 Å². The number of nitrogens with zero attached hydrogens (tertiary/aromatic N) is 2. The highest BCUT2D eigenvalue weighted by atomic mass is 35.5. The molecule has 2 aromatic rings. The zero-order valence-corrected chi connectivity index (χ0v) is 13.0. The molecule has 0 atom stereocenters. The van der Waals surface area contributed by atoms with Gasteiger partial charge in [0.2, 0.25) is 0 Å². The number of para-hydroxylation sites is 1. The van der Waals surface area contributed by atoms with Crippen LogP contribution in [0.25, 0.3) is 0 Å². The number of nitrogens with one attached hydrogen (secondary N) is 3. The van der Waals surface area contributed by atoms with E-state index in [1.54, 1.807) is 14.0 Å². The number of aromatic nitrogens is 2. The molecule has 1 aromatic carbocycles. The molecule has 110 valence electrons. The zero-order chi connectivity index (χ0) is 15.4. The third kappa shape index (κ3) is 3.71. The number of rotatable bonds is 2. The van der Waals surface area contributed by atoms with E-state index in [1.807, 2.05) is 30.3 Å². The van der Waals surface area contributed by atoms with Crippen molar-refractivity contribution in [1.29, 1.82) is 0 Å². The second kappa shape index (κ2) is 6.55. The molecule has 2 rings (SSSR count). The molecule has 3 N–H and O–H groups in total. The van der Waals surface area contributed by atoms with E-state index in [0.29, 0.717) is 10.7 Å². The quantitative estimate of drug-likeness (QED) is 0.582. The van der Waals surface area contributed by atoms with E-state index in [1.165, 1.54) is 4.68 Å². The van der Waals surface area contributed by atoms with Crippen LogP contribution in [0.3, 0.4) is 0 Å². The van der Waals surface area contributed by atoms with Crippen LogP contribution in [-0.4, -0.2) is 20.8 Å². The van der Waals surface area contributed by atoms with Crippen LogP contribution < -0.4 is 16.2 Å². The minimum absolute atomic E-state index is 0.268. The van der Waals surface area contributed by atoms with Crippen molar-refractivity contribution in [3.8, 4) is 0 Å². The van der Waals surface area contributed by atoms with Crippen molar-refractivity contribution >= 4 is 40.5 Å². The Balaban J connectivity index is 1.93. The van der Waals surface area contributed by atoms with Crippen molar-refractivity contribution in [3.05, 3.63) is 46.7 Å². The summed E-state index contributed by atoms with van der Waals surface area (Å²) in [5, 5.41) is 7.59. The fourth-order valence-corrected chi connectivity index (χ4v) is 2.15. The summed E-state index contributed by atoms with van der Waals surface area (Å²) in [6, 6.07) is 9.37. The Kier molecular flexibility index (Phi) is 4.77. The summed E-state index contributed by atoms with van der Waals surface area (Å²) in [6.45, 7) is 1.73. The highest BCUT2D eigenvalue weighted by molar-refractivity contribution is 7.80. The predicted octanol–water partition coefficient (Wildman–Crippen LogP) is 2.01. The monoisotopic (exact) mass is 323 g/mol. The van der Waals surface area contributed by atoms with Gasteiger partial charge in [-0.3, -0.25) is 20.3 Å². The van der Waals surface area contributed by atoms with E-state index >= 15 is 0 Å². The average Bonchev–Trinajstić information content (AvgIpc) is 2.71. The topological polar surface area (TPSA) is 71.0 Å². The lowest BCUT2D eigenvalue weighted by molar-refractivity contribution is 0.0935. The van der Waals surface area contributed by atoms with E-state index < -0.39 is 5.91 Å². The van der Waals surface area contributed by atoms with Crippen LogP contribution in [0.2, 0.25) is 5.02 Å². The number of hydrazine groups is 1. The Morgan fingerprint density at radius 1 is 1.29 bits per heavy atom. The van der Waals surface area contributed by atoms with E-state index in [9.17, 15) is 4.79 Å². The molecule has 0 aliphatic rings. The number of carbonyl (C=O) groups excluding carboxylic acids is 1. The summed E-state index contributed by atoms with van der Waals surface area (Å²) < 4.78 is 1.42. The van der Waals surface area contributed by atoms with Gasteiger partial charge in [0, 0.05) is 12.7 Å². The van der Waals surface area contributed by atoms with Crippen molar-refractivity contribution in [3.63, 3.8) is 0 Å². The molecule has 6 nitrogen and oxygen atoms in total. The van der Waals surface area contributed by atoms with Crippen molar-refractivity contribution in [2.75, 3.05) is 5.32 Å². The maximum absolute atomic E-state index is 12.1. The molecule has 0 aliphatic carbocycles. The van der Waals surface area contributed by atoms with E-state index in [2.05, 4.69) is 21.3 Å². The van der Waals surface area contributed by atoms with Crippen LogP contribution in [0.4, 0.5) is 5.69 Å². The van der Waals surface area contributed by atoms with Crippen LogP contribution in [0.5, 0.6) is 0 Å². The van der Waals surface area contributed by atoms with Crippen LogP contribution >= 0.6 is 23.8 Å². The van der Waals surface area contributed by atoms with Gasteiger partial charge in [-0.25, -0.2) is 0 Å². The van der Waals surface area contributed by atoms with Gasteiger partial charge in [-0.05, 0) is 31.3 Å². The predicted molar refractivity (Wildman–Crippen MR) is 86.2 cm³/mol. The molecule has 0 bridgehead atoms. The number of hydrogen-bond donors (Lipinski definition) is 3. The fraction of sp³-hybridized carbons (Fsp3) is 0.154. The van der Waals surface area contributed by atoms with Gasteiger partial charge in [-0.2, -0.15) is 5.10 Å². The first-order valence-electron chi connectivity index (χ1n) is 6.10. The number of anilines is 1. The van der Waals surface area contributed by atoms with E-state index in [4.69, 9.17) is 23.8 Å². The normalized spacial score (nSPS) is 10.0. The summed E-state index contributed by atoms with van der Waals surface area (Å²) in [5.74, 6) is -0.416. The molecule has 0 saturated carbocycles. The van der Waals surface area contributed by atoms with Gasteiger partial charge in [-0.15, -0.1) is 0 Å². The Labute approximate surface area is 132 Å². The molecule has 0 radical (unpaired) electrons. The largest absolute Gasteiger partial charge is 0.331 e. The molecule has 0 spiro atoms. The lowest BCUT2D eigenvalue weighted by Crippen LogP contribution is -2.44. The summed E-state index contributed by atoms with van der Waals surface area (Å²) >= 11 is 11.1. The van der Waals surface area contributed by atoms with Gasteiger partial charge >= 0.3 is 0 Å². The first kappa shape index (κ1) is 15.3. The molecule has 0 aliphatic heterocycles. The first-order valence-corrected chi connectivity index (χ1v) is 6.89. The summed E-state index contributed by atoms with van der Waals surface area (Å²) in [6.07, 6.45) is 0. The molecule has 21 heavy (non-hydrogen) atoms. The Hall–Kier alpha value is -2.12. The molecule has 0 unspecified atom stereocenters. The molecule has 0 saturated heterocycles. The zero-order valence-electron chi connectivity index (χ0n) is 11.5. The smallest absolute Gasteiger partial charge is 0.289 e. The highest BCUT2D eigenvalue weighted by Gasteiger charge is 2.18. The molecule has 0 fully saturated rings. The molecular weight excluding hydrogens is 310 g/mol. The van der Waals surface area contributed by atoms with Gasteiger partial charge in [0.1, 0.15) is 5.69 Å². The summed E-state index contributed by atoms with van der Waals surface area (Å²) in [4.78, 5) is 12.1. The third-order valence-electron chi connectivity index (χ3n) is 2.69. The number of thiocarbonyl (C=S) groups is 1. The number of hydrogen-bond acceptors (Lipinski definition) is 3. The SMILES string of the molecule is Cc1nn(C)c(C(=O)NNC(=S)Nc2ccccc2)c1Cl. The number of benzene rings is 1. The van der Waals surface area contributed by atoms with Crippen molar-refractivity contribution < 1.29 is 4.79 Å². The van der Waals surface area contributed by atoms with Gasteiger partial charge in [0.15, 0.2) is 5.11 Å². The van der Waals surface area contributed by atoms with Crippen molar-refractivity contribution in [2.24, 2.45) is 7.05 Å². The van der Waals surface area contributed by atoms with Gasteiger partial charge in [0.25, 0.3) is 5.91 Å². The van der Waals surface area contributed by atoms with Gasteiger partial charge in [0.05, 0.1) is 10.7 Å². The molecular formula is C13H14ClN5OS. The Bertz CT molecular complexity index is 671. The second-order valence-corrected chi connectivity index (χ2v) is 5.06. The Morgan fingerprint density at radius 3 is 2.52 bits per heavy atom. The molecule has 1 heterocycles. The number of aryl methyl sites for hydroxylation is 2. The standard InChI is InChI=1S/C13H14ClN5OS/c1-8-10(14)11(19(2)18-8)12(20)16-17-13(21)15-9-6-4-3-5-7-9/h3-7H,1-2H3,(H,16,20)(H2,15,17,21). The maximum Gasteiger partial charge on any atom is 0.289 e. The minimum Gasteiger partial charge on any atom is -0.331 e. The van der Waals surface area contributed by atoms with Crippen LogP contribution in [0.1, 0.15) is 16.2 Å². The first-order chi connectivity index (χ1) is 9.99. The van der Waals surface area contributed by atoms with E-state index in [0.717, 1.165) is 5.69 Å². The van der Waals surface area contributed by atoms with Crippen LogP contribution in [0.15, 0.2) is 30.3 Å². The maximum atomic E-state index is 12.1. The summed E-state index contributed by atoms with van der Waals surface area (Å²) in [5.41, 5.74) is 6.77. The van der Waals surface area contributed by atoms with Gasteiger partial charge < -0.3 is 5.32 Å². The Morgan fingerprint density at radius 2 is 1.95 bits per heavy atom. The number of halogens is 1. The molecule has 1 amide bonds. The molecule has 8 heteroatoms. The van der Waals surface area contributed by atoms with Crippen molar-refractivity contribution in [2.45, 2.75) is 6.92 Å². The summed E-state index contributed by atoms with van der Waals surface area (Å²) in [7, 11) is 1.65. The fourth-order valence-electron chi connectivity index (χ4n) is 1.74. The number of carbonyl (C=O) groups is 1. The minimum atomic E-state index is -0.416. The van der Waals surface area contributed by atoms with Crippen LogP contribution in [-0.2, 0) is 7.05 Å².